The van der Waals surface area contributed by atoms with Crippen molar-refractivity contribution in [2.75, 3.05) is 0 Å². The highest BCUT2D eigenvalue weighted by molar-refractivity contribution is 9.10. The Hall–Kier alpha value is -1.14. The lowest BCUT2D eigenvalue weighted by Crippen LogP contribution is -1.94. The number of halogens is 1. The van der Waals surface area contributed by atoms with Crippen molar-refractivity contribution in [2.24, 2.45) is 0 Å². The predicted molar refractivity (Wildman–Crippen MR) is 69.6 cm³/mol. The lowest BCUT2D eigenvalue weighted by Gasteiger charge is -1.93. The zero-order valence-electron chi connectivity index (χ0n) is 8.11. The molecule has 0 spiro atoms. The molecule has 1 N–H and O–H groups in total. The molecular formula is C10H7BrN4S. The van der Waals surface area contributed by atoms with Crippen LogP contribution >= 0.6 is 28.6 Å². The summed E-state index contributed by atoms with van der Waals surface area (Å²) in [4.78, 5) is 7.59. The average molecular weight is 295 g/mol. The van der Waals surface area contributed by atoms with Crippen LogP contribution in [0.2, 0.25) is 0 Å². The third kappa shape index (κ3) is 1.49. The molecule has 1 aromatic carbocycles. The monoisotopic (exact) mass is 294 g/mol. The number of rotatable bonds is 1. The van der Waals surface area contributed by atoms with Crippen molar-refractivity contribution in [1.29, 1.82) is 0 Å². The van der Waals surface area contributed by atoms with Crippen molar-refractivity contribution >= 4 is 50.6 Å². The van der Waals surface area contributed by atoms with Crippen LogP contribution in [0, 0.1) is 0 Å². The number of fused-ring (bicyclic) bond motifs is 3. The fourth-order valence-electron chi connectivity index (χ4n) is 1.65. The van der Waals surface area contributed by atoms with E-state index in [9.17, 15) is 0 Å². The number of nitrogens with one attached hydrogen (secondary N) is 1. The molecule has 6 heteroatoms. The van der Waals surface area contributed by atoms with Crippen molar-refractivity contribution in [2.45, 2.75) is 5.75 Å². The summed E-state index contributed by atoms with van der Waals surface area (Å²) in [6, 6.07) is 5.99. The topological polar surface area (TPSA) is 54.5 Å². The minimum atomic E-state index is 0.492. The van der Waals surface area contributed by atoms with E-state index in [4.69, 9.17) is 0 Å². The largest absolute Gasteiger partial charge is 0.336 e. The van der Waals surface area contributed by atoms with Crippen LogP contribution in [-0.4, -0.2) is 20.2 Å². The Labute approximate surface area is 105 Å². The average Bonchev–Trinajstić information content (AvgIpc) is 2.65. The highest BCUT2D eigenvalue weighted by Gasteiger charge is 2.08. The normalized spacial score (nSPS) is 11.4. The summed E-state index contributed by atoms with van der Waals surface area (Å²) in [6.07, 6.45) is 0. The number of nitrogens with zero attached hydrogens (tertiary/aromatic N) is 3. The molecule has 2 aromatic heterocycles. The van der Waals surface area contributed by atoms with Gasteiger partial charge < -0.3 is 4.98 Å². The second kappa shape index (κ2) is 3.71. The number of aromatic amines is 1. The molecule has 80 valence electrons. The number of hydrogen-bond donors (Lipinski definition) is 2. The summed E-state index contributed by atoms with van der Waals surface area (Å²) >= 11 is 7.57. The first-order valence-electron chi connectivity index (χ1n) is 4.69. The Morgan fingerprint density at radius 1 is 1.31 bits per heavy atom. The summed E-state index contributed by atoms with van der Waals surface area (Å²) in [7, 11) is 0. The Balaban J connectivity index is 2.42. The van der Waals surface area contributed by atoms with Crippen LogP contribution < -0.4 is 0 Å². The van der Waals surface area contributed by atoms with Crippen LogP contribution in [0.5, 0.6) is 0 Å². The van der Waals surface area contributed by atoms with E-state index in [1.54, 1.807) is 0 Å². The fourth-order valence-corrected chi connectivity index (χ4v) is 2.15. The van der Waals surface area contributed by atoms with E-state index in [1.807, 2.05) is 18.2 Å². The van der Waals surface area contributed by atoms with Crippen LogP contribution in [0.4, 0.5) is 0 Å². The number of aromatic nitrogens is 4. The van der Waals surface area contributed by atoms with E-state index >= 15 is 0 Å². The van der Waals surface area contributed by atoms with Crippen LogP contribution in [0.3, 0.4) is 0 Å². The Bertz CT molecular complexity index is 679. The van der Waals surface area contributed by atoms with Crippen LogP contribution in [-0.2, 0) is 5.75 Å². The van der Waals surface area contributed by atoms with Gasteiger partial charge in [-0.3, -0.25) is 0 Å². The van der Waals surface area contributed by atoms with E-state index in [0.717, 1.165) is 20.9 Å². The van der Waals surface area contributed by atoms with Crippen molar-refractivity contribution in [3.05, 3.63) is 28.5 Å². The van der Waals surface area contributed by atoms with Crippen LogP contribution in [0.1, 0.15) is 5.82 Å². The fraction of sp³-hybridized carbons (Fsp3) is 0.100. The maximum atomic E-state index is 4.41. The first kappa shape index (κ1) is 10.0. The molecule has 0 radical (unpaired) electrons. The third-order valence-electron chi connectivity index (χ3n) is 2.36. The first-order valence-corrected chi connectivity index (χ1v) is 6.12. The second-order valence-electron chi connectivity index (χ2n) is 3.40. The maximum absolute atomic E-state index is 4.41. The molecule has 3 rings (SSSR count). The van der Waals surface area contributed by atoms with Crippen molar-refractivity contribution in [1.82, 2.24) is 20.2 Å². The molecule has 0 aliphatic heterocycles. The zero-order valence-corrected chi connectivity index (χ0v) is 10.6. The molecule has 2 heterocycles. The molecular weight excluding hydrogens is 288 g/mol. The van der Waals surface area contributed by atoms with Gasteiger partial charge in [-0.2, -0.15) is 12.6 Å². The molecule has 0 aliphatic rings. The second-order valence-corrected chi connectivity index (χ2v) is 4.63. The first-order chi connectivity index (χ1) is 7.78. The number of thiol groups is 1. The van der Waals surface area contributed by atoms with Gasteiger partial charge in [-0.05, 0) is 18.2 Å². The Morgan fingerprint density at radius 3 is 3.00 bits per heavy atom. The highest BCUT2D eigenvalue weighted by Crippen LogP contribution is 2.25. The zero-order chi connectivity index (χ0) is 11.1. The summed E-state index contributed by atoms with van der Waals surface area (Å²) < 4.78 is 1.02. The Kier molecular flexibility index (Phi) is 2.33. The van der Waals surface area contributed by atoms with Crippen molar-refractivity contribution < 1.29 is 0 Å². The highest BCUT2D eigenvalue weighted by atomic mass is 79.9. The smallest absolute Gasteiger partial charge is 0.179 e. The van der Waals surface area contributed by atoms with Crippen molar-refractivity contribution in [3.63, 3.8) is 0 Å². The molecule has 0 fully saturated rings. The summed E-state index contributed by atoms with van der Waals surface area (Å²) in [6.45, 7) is 0. The van der Waals surface area contributed by atoms with Crippen LogP contribution in [0.15, 0.2) is 22.7 Å². The van der Waals surface area contributed by atoms with Gasteiger partial charge >= 0.3 is 0 Å². The van der Waals surface area contributed by atoms with E-state index < -0.39 is 0 Å². The molecule has 0 amide bonds. The molecule has 0 saturated heterocycles. The van der Waals surface area contributed by atoms with Gasteiger partial charge in [0.2, 0.25) is 0 Å². The van der Waals surface area contributed by atoms with Gasteiger partial charge in [0, 0.05) is 9.86 Å². The molecule has 0 unspecified atom stereocenters. The van der Waals surface area contributed by atoms with E-state index in [1.165, 1.54) is 0 Å². The van der Waals surface area contributed by atoms with Crippen molar-refractivity contribution in [3.8, 4) is 0 Å². The standard InChI is InChI=1S/C10H7BrN4S/c11-5-1-2-6-7(3-5)12-10-9(6)13-8(4-16)14-15-10/h1-3,16H,4H2,(H,12,15). The van der Waals surface area contributed by atoms with Gasteiger partial charge in [-0.15, -0.1) is 10.2 Å². The SMILES string of the molecule is SCc1nnc2[nH]c3cc(Br)ccc3c2n1. The van der Waals surface area contributed by atoms with E-state index in [-0.39, 0.29) is 0 Å². The minimum absolute atomic E-state index is 0.492. The van der Waals surface area contributed by atoms with Gasteiger partial charge in [0.15, 0.2) is 11.5 Å². The molecule has 0 bridgehead atoms. The van der Waals surface area contributed by atoms with E-state index in [0.29, 0.717) is 17.2 Å². The lowest BCUT2D eigenvalue weighted by atomic mass is 10.2. The summed E-state index contributed by atoms with van der Waals surface area (Å²) in [5, 5.41) is 9.10. The van der Waals surface area contributed by atoms with Gasteiger partial charge in [-0.1, -0.05) is 15.9 Å². The van der Waals surface area contributed by atoms with E-state index in [2.05, 4.69) is 48.7 Å². The van der Waals surface area contributed by atoms with Gasteiger partial charge in [-0.25, -0.2) is 4.98 Å². The van der Waals surface area contributed by atoms with Gasteiger partial charge in [0.05, 0.1) is 11.3 Å². The lowest BCUT2D eigenvalue weighted by molar-refractivity contribution is 0.937. The molecule has 16 heavy (non-hydrogen) atoms. The molecule has 3 aromatic rings. The minimum Gasteiger partial charge on any atom is -0.336 e. The Morgan fingerprint density at radius 2 is 2.19 bits per heavy atom. The third-order valence-corrected chi connectivity index (χ3v) is 3.14. The molecule has 0 aliphatic carbocycles. The quantitative estimate of drug-likeness (QED) is 0.679. The number of hydrogen-bond acceptors (Lipinski definition) is 4. The maximum Gasteiger partial charge on any atom is 0.179 e. The summed E-state index contributed by atoms with van der Waals surface area (Å²) in [5.41, 5.74) is 2.56. The number of H-pyrrole nitrogens is 1. The summed E-state index contributed by atoms with van der Waals surface area (Å²) in [5.74, 6) is 1.13. The predicted octanol–water partition coefficient (Wildman–Crippen LogP) is 2.70. The molecule has 4 nitrogen and oxygen atoms in total. The number of benzene rings is 1. The molecule has 0 saturated carbocycles. The van der Waals surface area contributed by atoms with Crippen LogP contribution in [0.25, 0.3) is 22.1 Å². The van der Waals surface area contributed by atoms with Gasteiger partial charge in [0.25, 0.3) is 0 Å². The molecule has 0 atom stereocenters. The van der Waals surface area contributed by atoms with Gasteiger partial charge in [0.1, 0.15) is 5.52 Å².